The fraction of sp³-hybridized carbons (Fsp3) is 0.421. The van der Waals surface area contributed by atoms with Gasteiger partial charge in [-0.15, -0.1) is 0 Å². The number of hydrogen-bond donors (Lipinski definition) is 2. The van der Waals surface area contributed by atoms with Crippen LogP contribution in [0.15, 0.2) is 35.5 Å². The third kappa shape index (κ3) is 3.71. The summed E-state index contributed by atoms with van der Waals surface area (Å²) in [5.74, 6) is -0.857. The molecule has 2 amide bonds. The Morgan fingerprint density at radius 3 is 2.83 bits per heavy atom. The maximum absolute atomic E-state index is 13.2. The summed E-state index contributed by atoms with van der Waals surface area (Å²) in [7, 11) is -2.52. The van der Waals surface area contributed by atoms with Crippen molar-refractivity contribution in [1.82, 2.24) is 24.5 Å². The number of sulfonamides is 1. The van der Waals surface area contributed by atoms with E-state index < -0.39 is 21.8 Å². The first-order valence-corrected chi connectivity index (χ1v) is 11.1. The van der Waals surface area contributed by atoms with Crippen LogP contribution in [0.3, 0.4) is 0 Å². The maximum Gasteiger partial charge on any atom is 0.271 e. The molecule has 1 aromatic heterocycles. The van der Waals surface area contributed by atoms with Gasteiger partial charge in [0.05, 0.1) is 30.6 Å². The number of hydrogen-bond acceptors (Lipinski definition) is 6. The minimum absolute atomic E-state index is 0.0268. The van der Waals surface area contributed by atoms with E-state index in [1.54, 1.807) is 22.8 Å². The molecule has 4 rings (SSSR count). The molecule has 10 nitrogen and oxygen atoms in total. The van der Waals surface area contributed by atoms with E-state index >= 15 is 0 Å². The second kappa shape index (κ2) is 8.17. The molecule has 2 aliphatic rings. The third-order valence-electron chi connectivity index (χ3n) is 5.26. The van der Waals surface area contributed by atoms with Gasteiger partial charge in [-0.05, 0) is 25.0 Å². The molecule has 0 spiro atoms. The summed E-state index contributed by atoms with van der Waals surface area (Å²) < 4.78 is 34.6. The van der Waals surface area contributed by atoms with Crippen LogP contribution in [0.1, 0.15) is 29.0 Å². The molecular formula is C19H23N5O5S. The molecule has 3 heterocycles. The minimum atomic E-state index is -3.96. The van der Waals surface area contributed by atoms with Gasteiger partial charge in [-0.3, -0.25) is 14.2 Å². The number of aromatic nitrogens is 2. The van der Waals surface area contributed by atoms with Crippen LogP contribution in [-0.2, 0) is 26.1 Å². The van der Waals surface area contributed by atoms with Crippen molar-refractivity contribution in [2.45, 2.75) is 30.4 Å². The van der Waals surface area contributed by atoms with E-state index in [2.05, 4.69) is 15.6 Å². The van der Waals surface area contributed by atoms with E-state index in [1.807, 2.05) is 0 Å². The summed E-state index contributed by atoms with van der Waals surface area (Å²) >= 11 is 0. The van der Waals surface area contributed by atoms with Crippen molar-refractivity contribution in [3.8, 4) is 5.69 Å². The highest BCUT2D eigenvalue weighted by Gasteiger charge is 2.35. The van der Waals surface area contributed by atoms with Crippen LogP contribution in [0, 0.1) is 0 Å². The minimum Gasteiger partial charge on any atom is -0.376 e. The summed E-state index contributed by atoms with van der Waals surface area (Å²) in [5.41, 5.74) is 0.914. The number of carbonyl (C=O) groups excluding carboxylic acids is 2. The van der Waals surface area contributed by atoms with E-state index in [0.717, 1.165) is 17.1 Å². The molecule has 1 saturated heterocycles. The molecule has 30 heavy (non-hydrogen) atoms. The standard InChI is InChI=1S/C19H23N5O5S/c1-20-17(25)11-23-10-15-18(19(26)21-9-13-5-4-8-29-13)22-12-24(15)14-6-2-3-7-16(14)30(23,27)28/h2-3,6-7,12-13H,4-5,8-11H2,1H3,(H,20,25)(H,21,26)/t13-/m1/s1. The number of fused-ring (bicyclic) bond motifs is 3. The molecule has 0 unspecified atom stereocenters. The topological polar surface area (TPSA) is 123 Å². The number of carbonyl (C=O) groups is 2. The lowest BCUT2D eigenvalue weighted by molar-refractivity contribution is -0.120. The molecule has 1 aromatic carbocycles. The molecule has 1 atom stereocenters. The lowest BCUT2D eigenvalue weighted by Crippen LogP contribution is -2.39. The van der Waals surface area contributed by atoms with Gasteiger partial charge < -0.3 is 15.4 Å². The number of para-hydroxylation sites is 1. The van der Waals surface area contributed by atoms with Gasteiger partial charge in [0.1, 0.15) is 11.2 Å². The van der Waals surface area contributed by atoms with Crippen LogP contribution < -0.4 is 10.6 Å². The highest BCUT2D eigenvalue weighted by atomic mass is 32.2. The molecule has 1 fully saturated rings. The Balaban J connectivity index is 1.71. The zero-order valence-corrected chi connectivity index (χ0v) is 17.3. The van der Waals surface area contributed by atoms with Crippen LogP contribution in [0.4, 0.5) is 0 Å². The monoisotopic (exact) mass is 433 g/mol. The highest BCUT2D eigenvalue weighted by Crippen LogP contribution is 2.31. The zero-order chi connectivity index (χ0) is 21.3. The molecule has 2 aromatic rings. The molecule has 0 radical (unpaired) electrons. The Labute approximate surface area is 174 Å². The summed E-state index contributed by atoms with van der Waals surface area (Å²) in [4.78, 5) is 29.1. The zero-order valence-electron chi connectivity index (χ0n) is 16.5. The second-order valence-corrected chi connectivity index (χ2v) is 9.08. The van der Waals surface area contributed by atoms with Crippen molar-refractivity contribution >= 4 is 21.8 Å². The van der Waals surface area contributed by atoms with Crippen LogP contribution >= 0.6 is 0 Å². The van der Waals surface area contributed by atoms with Crippen molar-refractivity contribution in [2.24, 2.45) is 0 Å². The van der Waals surface area contributed by atoms with Gasteiger partial charge in [-0.2, -0.15) is 4.31 Å². The van der Waals surface area contributed by atoms with Gasteiger partial charge in [0.2, 0.25) is 15.9 Å². The number of amides is 2. The molecule has 11 heteroatoms. The Bertz CT molecular complexity index is 1070. The van der Waals surface area contributed by atoms with Crippen LogP contribution in [0.25, 0.3) is 5.69 Å². The number of likely N-dealkylation sites (N-methyl/N-ethyl adjacent to an activating group) is 1. The number of nitrogens with one attached hydrogen (secondary N) is 2. The Kier molecular flexibility index (Phi) is 5.58. The first kappa shape index (κ1) is 20.5. The van der Waals surface area contributed by atoms with E-state index in [4.69, 9.17) is 4.74 Å². The Morgan fingerprint density at radius 1 is 1.30 bits per heavy atom. The van der Waals surface area contributed by atoms with Gasteiger partial charge >= 0.3 is 0 Å². The normalized spacial score (nSPS) is 20.1. The molecule has 0 aliphatic carbocycles. The van der Waals surface area contributed by atoms with Crippen LogP contribution in [-0.4, -0.2) is 66.9 Å². The molecule has 2 N–H and O–H groups in total. The SMILES string of the molecule is CNC(=O)CN1Cc2c(C(=O)NC[C@H]3CCCO3)ncn2-c2ccccc2S1(=O)=O. The van der Waals surface area contributed by atoms with Gasteiger partial charge in [0, 0.05) is 20.2 Å². The quantitative estimate of drug-likeness (QED) is 0.686. The van der Waals surface area contributed by atoms with Crippen LogP contribution in [0.5, 0.6) is 0 Å². The largest absolute Gasteiger partial charge is 0.376 e. The fourth-order valence-corrected chi connectivity index (χ4v) is 5.20. The first-order chi connectivity index (χ1) is 14.4. The molecule has 0 saturated carbocycles. The average molecular weight is 433 g/mol. The fourth-order valence-electron chi connectivity index (χ4n) is 3.66. The summed E-state index contributed by atoms with van der Waals surface area (Å²) in [6.45, 7) is 0.522. The third-order valence-corrected chi connectivity index (χ3v) is 7.10. The molecule has 160 valence electrons. The van der Waals surface area contributed by atoms with E-state index in [1.165, 1.54) is 19.4 Å². The second-order valence-electron chi connectivity index (χ2n) is 7.17. The van der Waals surface area contributed by atoms with E-state index in [-0.39, 0.29) is 29.8 Å². The maximum atomic E-state index is 13.2. The van der Waals surface area contributed by atoms with E-state index in [0.29, 0.717) is 24.5 Å². The van der Waals surface area contributed by atoms with Crippen molar-refractivity contribution < 1.29 is 22.7 Å². The number of imidazole rings is 1. The number of rotatable bonds is 5. The molecular weight excluding hydrogens is 410 g/mol. The Hall–Kier alpha value is -2.76. The summed E-state index contributed by atoms with van der Waals surface area (Å²) in [5, 5.41) is 5.26. The van der Waals surface area contributed by atoms with Gasteiger partial charge in [0.15, 0.2) is 5.69 Å². The predicted octanol–water partition coefficient (Wildman–Crippen LogP) is 0.0314. The first-order valence-electron chi connectivity index (χ1n) is 9.68. The molecule has 2 aliphatic heterocycles. The van der Waals surface area contributed by atoms with Crippen molar-refractivity contribution in [3.63, 3.8) is 0 Å². The Morgan fingerprint density at radius 2 is 2.10 bits per heavy atom. The number of benzene rings is 1. The number of nitrogens with zero attached hydrogens (tertiary/aromatic N) is 3. The number of ether oxygens (including phenoxy) is 1. The average Bonchev–Trinajstić information content (AvgIpc) is 3.39. The van der Waals surface area contributed by atoms with Crippen molar-refractivity contribution in [3.05, 3.63) is 42.0 Å². The summed E-state index contributed by atoms with van der Waals surface area (Å²) in [6, 6.07) is 6.46. The summed E-state index contributed by atoms with van der Waals surface area (Å²) in [6.07, 6.45) is 3.26. The van der Waals surface area contributed by atoms with Crippen molar-refractivity contribution in [1.29, 1.82) is 0 Å². The van der Waals surface area contributed by atoms with Gasteiger partial charge in [0.25, 0.3) is 5.91 Å². The van der Waals surface area contributed by atoms with Crippen LogP contribution in [0.2, 0.25) is 0 Å². The van der Waals surface area contributed by atoms with Gasteiger partial charge in [-0.25, -0.2) is 13.4 Å². The molecule has 0 bridgehead atoms. The van der Waals surface area contributed by atoms with Crippen molar-refractivity contribution in [2.75, 3.05) is 26.7 Å². The van der Waals surface area contributed by atoms with E-state index in [9.17, 15) is 18.0 Å². The van der Waals surface area contributed by atoms with Gasteiger partial charge in [-0.1, -0.05) is 12.1 Å². The lowest BCUT2D eigenvalue weighted by Gasteiger charge is -2.19. The lowest BCUT2D eigenvalue weighted by atomic mass is 10.2. The highest BCUT2D eigenvalue weighted by molar-refractivity contribution is 7.89. The smallest absolute Gasteiger partial charge is 0.271 e. The predicted molar refractivity (Wildman–Crippen MR) is 107 cm³/mol.